The number of hydrogen-bond donors (Lipinski definition) is 0. The van der Waals surface area contributed by atoms with Gasteiger partial charge in [-0.3, -0.25) is 0 Å². The van der Waals surface area contributed by atoms with Crippen LogP contribution in [0.1, 0.15) is 22.3 Å². The van der Waals surface area contributed by atoms with Gasteiger partial charge in [-0.15, -0.1) is 10.2 Å². The predicted octanol–water partition coefficient (Wildman–Crippen LogP) is 3.53. The molecule has 0 aliphatic carbocycles. The number of nitrogens with zero attached hydrogens (tertiary/aromatic N) is 5. The average Bonchev–Trinajstić information content (AvgIpc) is 3.01. The molecule has 5 heteroatoms. The molecule has 0 N–H and O–H groups in total. The Bertz CT molecular complexity index is 757. The summed E-state index contributed by atoms with van der Waals surface area (Å²) >= 11 is 0. The molecule has 1 heterocycles. The Morgan fingerprint density at radius 1 is 0.826 bits per heavy atom. The number of aromatic nitrogens is 3. The average molecular weight is 303 g/mol. The Labute approximate surface area is 135 Å². The fraction of sp³-hybridized carbons (Fsp3) is 0.111. The molecule has 3 rings (SSSR count). The number of aryl methyl sites for hydroxylation is 2. The van der Waals surface area contributed by atoms with Gasteiger partial charge in [-0.25, -0.2) is 4.99 Å². The molecule has 0 saturated carbocycles. The van der Waals surface area contributed by atoms with E-state index in [1.807, 2.05) is 48.5 Å². The van der Waals surface area contributed by atoms with E-state index >= 15 is 0 Å². The van der Waals surface area contributed by atoms with Gasteiger partial charge in [-0.05, 0) is 25.0 Å². The molecule has 0 amide bonds. The van der Waals surface area contributed by atoms with Gasteiger partial charge in [0.15, 0.2) is 0 Å². The summed E-state index contributed by atoms with van der Waals surface area (Å²) in [5.74, 6) is 0.439. The van der Waals surface area contributed by atoms with Gasteiger partial charge >= 0.3 is 0 Å². The third kappa shape index (κ3) is 3.97. The second kappa shape index (κ2) is 6.79. The molecule has 5 nitrogen and oxygen atoms in total. The lowest BCUT2D eigenvalue weighted by molar-refractivity contribution is 0.879. The number of benzene rings is 2. The normalized spacial score (nSPS) is 11.6. The van der Waals surface area contributed by atoms with Crippen LogP contribution in [-0.4, -0.2) is 27.3 Å². The van der Waals surface area contributed by atoms with E-state index in [1.165, 1.54) is 17.5 Å². The van der Waals surface area contributed by atoms with Crippen molar-refractivity contribution in [3.05, 3.63) is 77.1 Å². The highest BCUT2D eigenvalue weighted by atomic mass is 15.5. The molecular weight excluding hydrogens is 286 g/mol. The lowest BCUT2D eigenvalue weighted by Gasteiger charge is -1.97. The first-order valence-electron chi connectivity index (χ1n) is 7.32. The second-order valence-corrected chi connectivity index (χ2v) is 5.30. The Kier molecular flexibility index (Phi) is 4.38. The molecule has 0 bridgehead atoms. The molecular formula is C18H17N5. The van der Waals surface area contributed by atoms with Gasteiger partial charge in [0.05, 0.1) is 6.21 Å². The van der Waals surface area contributed by atoms with Crippen LogP contribution in [0.15, 0.2) is 65.0 Å². The molecule has 0 radical (unpaired) electrons. The van der Waals surface area contributed by atoms with Crippen LogP contribution >= 0.6 is 0 Å². The molecule has 114 valence electrons. The van der Waals surface area contributed by atoms with Crippen LogP contribution in [0, 0.1) is 13.8 Å². The molecule has 0 fully saturated rings. The zero-order chi connectivity index (χ0) is 16.1. The maximum absolute atomic E-state index is 4.35. The number of rotatable bonds is 4. The smallest absolute Gasteiger partial charge is 0.218 e. The van der Waals surface area contributed by atoms with Crippen LogP contribution < -0.4 is 0 Å². The van der Waals surface area contributed by atoms with Crippen molar-refractivity contribution in [1.29, 1.82) is 0 Å². The Hall–Kier alpha value is -3.08. The van der Waals surface area contributed by atoms with Crippen molar-refractivity contribution in [2.24, 2.45) is 10.1 Å². The minimum atomic E-state index is 0.439. The summed E-state index contributed by atoms with van der Waals surface area (Å²) in [5.41, 5.74) is 4.45. The third-order valence-electron chi connectivity index (χ3n) is 3.33. The minimum Gasteiger partial charge on any atom is -0.218 e. The minimum absolute atomic E-state index is 0.439. The molecule has 0 aliphatic rings. The maximum Gasteiger partial charge on any atom is 0.271 e. The van der Waals surface area contributed by atoms with Crippen molar-refractivity contribution >= 4 is 18.4 Å². The molecule has 0 spiro atoms. The highest BCUT2D eigenvalue weighted by Gasteiger charge is 1.99. The van der Waals surface area contributed by atoms with Crippen molar-refractivity contribution in [1.82, 2.24) is 14.9 Å². The topological polar surface area (TPSA) is 55.4 Å². The first-order chi connectivity index (χ1) is 11.2. The summed E-state index contributed by atoms with van der Waals surface area (Å²) in [6.45, 7) is 4.11. The zero-order valence-electron chi connectivity index (χ0n) is 13.1. The number of hydrogen-bond acceptors (Lipinski definition) is 4. The van der Waals surface area contributed by atoms with Gasteiger partial charge in [0.2, 0.25) is 0 Å². The van der Waals surface area contributed by atoms with Crippen LogP contribution in [0.5, 0.6) is 0 Å². The van der Waals surface area contributed by atoms with Crippen LogP contribution in [0.2, 0.25) is 0 Å². The summed E-state index contributed by atoms with van der Waals surface area (Å²) in [7, 11) is 0. The third-order valence-corrected chi connectivity index (χ3v) is 3.33. The molecule has 0 unspecified atom stereocenters. The molecule has 0 saturated heterocycles. The van der Waals surface area contributed by atoms with Crippen molar-refractivity contribution in [2.45, 2.75) is 13.8 Å². The Morgan fingerprint density at radius 3 is 2.00 bits per heavy atom. The highest BCUT2D eigenvalue weighted by Crippen LogP contribution is 2.08. The first-order valence-corrected chi connectivity index (χ1v) is 7.32. The van der Waals surface area contributed by atoms with E-state index in [0.29, 0.717) is 5.95 Å². The fourth-order valence-corrected chi connectivity index (χ4v) is 1.96. The van der Waals surface area contributed by atoms with Crippen molar-refractivity contribution < 1.29 is 0 Å². The lowest BCUT2D eigenvalue weighted by atomic mass is 10.2. The lowest BCUT2D eigenvalue weighted by Crippen LogP contribution is -1.90. The van der Waals surface area contributed by atoms with Crippen LogP contribution in [0.4, 0.5) is 5.95 Å². The van der Waals surface area contributed by atoms with Gasteiger partial charge in [-0.1, -0.05) is 59.7 Å². The van der Waals surface area contributed by atoms with Crippen LogP contribution in [0.3, 0.4) is 0 Å². The molecule has 23 heavy (non-hydrogen) atoms. The molecule has 3 aromatic rings. The van der Waals surface area contributed by atoms with E-state index in [4.69, 9.17) is 0 Å². The van der Waals surface area contributed by atoms with Crippen LogP contribution in [0.25, 0.3) is 0 Å². The zero-order valence-corrected chi connectivity index (χ0v) is 13.1. The largest absolute Gasteiger partial charge is 0.271 e. The molecule has 1 aromatic heterocycles. The number of aliphatic imine (C=N–C) groups is 1. The van der Waals surface area contributed by atoms with Gasteiger partial charge in [0.25, 0.3) is 5.95 Å². The van der Waals surface area contributed by atoms with E-state index in [2.05, 4.69) is 34.1 Å². The summed E-state index contributed by atoms with van der Waals surface area (Å²) in [6.07, 6.45) is 5.04. The summed E-state index contributed by atoms with van der Waals surface area (Å²) in [5, 5.41) is 12.2. The molecule has 0 aliphatic heterocycles. The Morgan fingerprint density at radius 2 is 1.39 bits per heavy atom. The quantitative estimate of drug-likeness (QED) is 0.692. The van der Waals surface area contributed by atoms with E-state index in [1.54, 1.807) is 17.1 Å². The highest BCUT2D eigenvalue weighted by molar-refractivity contribution is 5.81. The van der Waals surface area contributed by atoms with Crippen molar-refractivity contribution in [3.8, 4) is 0 Å². The van der Waals surface area contributed by atoms with E-state index in [0.717, 1.165) is 11.1 Å². The summed E-state index contributed by atoms with van der Waals surface area (Å²) in [4.78, 5) is 4.34. The first kappa shape index (κ1) is 14.8. The molecule has 0 atom stereocenters. The van der Waals surface area contributed by atoms with Crippen molar-refractivity contribution in [2.75, 3.05) is 0 Å². The van der Waals surface area contributed by atoms with Gasteiger partial charge in [0, 0.05) is 6.21 Å². The van der Waals surface area contributed by atoms with Gasteiger partial charge in [0.1, 0.15) is 6.33 Å². The second-order valence-electron chi connectivity index (χ2n) is 5.30. The van der Waals surface area contributed by atoms with Gasteiger partial charge < -0.3 is 0 Å². The van der Waals surface area contributed by atoms with Crippen LogP contribution in [-0.2, 0) is 0 Å². The van der Waals surface area contributed by atoms with E-state index in [-0.39, 0.29) is 0 Å². The van der Waals surface area contributed by atoms with Crippen molar-refractivity contribution in [3.63, 3.8) is 0 Å². The summed E-state index contributed by atoms with van der Waals surface area (Å²) in [6, 6.07) is 16.2. The van der Waals surface area contributed by atoms with Gasteiger partial charge in [-0.2, -0.15) is 9.78 Å². The summed E-state index contributed by atoms with van der Waals surface area (Å²) < 4.78 is 1.55. The van der Waals surface area contributed by atoms with E-state index in [9.17, 15) is 0 Å². The SMILES string of the molecule is Cc1ccc(/C=N/c2nncn2/N=C/c2ccc(C)cc2)cc1. The fourth-order valence-electron chi connectivity index (χ4n) is 1.96. The Balaban J connectivity index is 1.76. The monoisotopic (exact) mass is 303 g/mol. The maximum atomic E-state index is 4.35. The molecule has 2 aromatic carbocycles. The predicted molar refractivity (Wildman–Crippen MR) is 92.6 cm³/mol. The van der Waals surface area contributed by atoms with E-state index < -0.39 is 0 Å². The standard InChI is InChI=1S/C18H17N5/c1-14-3-7-16(8-4-14)11-19-18-22-20-13-23(18)21-12-17-9-5-15(2)6-10-17/h3-13H,1-2H3/b19-11+,21-12+.